The monoisotopic (exact) mass is 525 g/mol. The Bertz CT molecular complexity index is 1750. The maximum atomic E-state index is 11.5. The molecule has 5 aromatic rings. The van der Waals surface area contributed by atoms with Crippen LogP contribution in [0.25, 0.3) is 40.5 Å². The Kier molecular flexibility index (Phi) is 5.70. The molecule has 1 aliphatic heterocycles. The minimum Gasteiger partial charge on any atom is -0.465 e. The number of nitrogens with one attached hydrogen (secondary N) is 2. The van der Waals surface area contributed by atoms with Gasteiger partial charge in [-0.3, -0.25) is 4.57 Å². The predicted molar refractivity (Wildman–Crippen MR) is 158 cm³/mol. The van der Waals surface area contributed by atoms with Gasteiger partial charge < -0.3 is 15.7 Å². The standard InChI is InChI=1S/C33H27N5O2/c39-32(40)37-33(19-7-20-33)24-16-14-23(15-17-24)29-27(18-13-22-8-2-1-3-9-22)36-31-25-10-4-5-11-26(25)35-30-28(38(29)31)12-6-21-34-30/h1-6,8-18,21,37H,7,19-20H2,(H,34,35)(H,39,40). The topological polar surface area (TPSA) is 92.1 Å². The van der Waals surface area contributed by atoms with Crippen LogP contribution in [-0.2, 0) is 5.54 Å². The number of benzene rings is 3. The van der Waals surface area contributed by atoms with Crippen LogP contribution in [0.15, 0.2) is 97.2 Å². The Morgan fingerprint density at radius 1 is 0.925 bits per heavy atom. The summed E-state index contributed by atoms with van der Waals surface area (Å²) in [5.41, 5.74) is 7.13. The van der Waals surface area contributed by atoms with Crippen LogP contribution in [0.2, 0.25) is 0 Å². The maximum Gasteiger partial charge on any atom is 0.405 e. The van der Waals surface area contributed by atoms with Gasteiger partial charge in [-0.2, -0.15) is 0 Å². The van der Waals surface area contributed by atoms with Gasteiger partial charge in [-0.25, -0.2) is 14.8 Å². The van der Waals surface area contributed by atoms with Crippen LogP contribution < -0.4 is 10.6 Å². The number of imidazole rings is 1. The second kappa shape index (κ2) is 9.54. The summed E-state index contributed by atoms with van der Waals surface area (Å²) >= 11 is 0. The summed E-state index contributed by atoms with van der Waals surface area (Å²) in [5.74, 6) is 1.58. The minimum absolute atomic E-state index is 0.520. The van der Waals surface area contributed by atoms with E-state index in [0.29, 0.717) is 0 Å². The smallest absolute Gasteiger partial charge is 0.405 e. The van der Waals surface area contributed by atoms with E-state index in [1.807, 2.05) is 54.6 Å². The number of pyridine rings is 1. The normalized spacial score (nSPS) is 14.7. The van der Waals surface area contributed by atoms with E-state index in [9.17, 15) is 9.90 Å². The van der Waals surface area contributed by atoms with Crippen molar-refractivity contribution in [3.05, 3.63) is 114 Å². The highest BCUT2D eigenvalue weighted by molar-refractivity contribution is 5.89. The molecule has 3 N–H and O–H groups in total. The van der Waals surface area contributed by atoms with Crippen molar-refractivity contribution >= 4 is 29.8 Å². The quantitative estimate of drug-likeness (QED) is 0.217. The molecule has 0 unspecified atom stereocenters. The van der Waals surface area contributed by atoms with E-state index >= 15 is 0 Å². The van der Waals surface area contributed by atoms with Crippen LogP contribution in [0.4, 0.5) is 16.3 Å². The average Bonchev–Trinajstić information content (AvgIpc) is 3.28. The van der Waals surface area contributed by atoms with Crippen molar-refractivity contribution in [1.29, 1.82) is 0 Å². The van der Waals surface area contributed by atoms with Crippen molar-refractivity contribution in [2.24, 2.45) is 0 Å². The van der Waals surface area contributed by atoms with Crippen molar-refractivity contribution in [3.8, 4) is 28.3 Å². The molecule has 3 aromatic carbocycles. The number of carboxylic acid groups (broad SMARTS) is 1. The summed E-state index contributed by atoms with van der Waals surface area (Å²) in [5, 5.41) is 15.7. The zero-order chi connectivity index (χ0) is 27.1. The highest BCUT2D eigenvalue weighted by Crippen LogP contribution is 2.44. The van der Waals surface area contributed by atoms with Gasteiger partial charge in [0.2, 0.25) is 0 Å². The Labute approximate surface area is 231 Å². The summed E-state index contributed by atoms with van der Waals surface area (Å²) < 4.78 is 2.18. The molecule has 0 bridgehead atoms. The fourth-order valence-electron chi connectivity index (χ4n) is 5.74. The van der Waals surface area contributed by atoms with Gasteiger partial charge in [-0.05, 0) is 60.7 Å². The molecule has 0 atom stereocenters. The average molecular weight is 526 g/mol. The number of anilines is 2. The molecule has 1 saturated carbocycles. The van der Waals surface area contributed by atoms with Gasteiger partial charge in [0.25, 0.3) is 0 Å². The van der Waals surface area contributed by atoms with Crippen molar-refractivity contribution in [1.82, 2.24) is 19.9 Å². The van der Waals surface area contributed by atoms with Crippen LogP contribution in [0.3, 0.4) is 0 Å². The minimum atomic E-state index is -0.992. The molecule has 196 valence electrons. The van der Waals surface area contributed by atoms with Crippen molar-refractivity contribution in [3.63, 3.8) is 0 Å². The van der Waals surface area contributed by atoms with Crippen molar-refractivity contribution in [2.75, 3.05) is 5.32 Å². The lowest BCUT2D eigenvalue weighted by atomic mass is 9.72. The fourth-order valence-corrected chi connectivity index (χ4v) is 5.74. The van der Waals surface area contributed by atoms with E-state index in [1.165, 1.54) is 0 Å². The number of hydrogen-bond acceptors (Lipinski definition) is 4. The molecule has 40 heavy (non-hydrogen) atoms. The lowest BCUT2D eigenvalue weighted by molar-refractivity contribution is 0.144. The number of rotatable bonds is 5. The molecule has 7 heteroatoms. The molecule has 7 rings (SSSR count). The van der Waals surface area contributed by atoms with Crippen LogP contribution in [-0.4, -0.2) is 25.7 Å². The third-order valence-corrected chi connectivity index (χ3v) is 7.85. The molecule has 3 heterocycles. The van der Waals surface area contributed by atoms with Crippen LogP contribution >= 0.6 is 0 Å². The van der Waals surface area contributed by atoms with Gasteiger partial charge in [0, 0.05) is 17.3 Å². The van der Waals surface area contributed by atoms with Crippen LogP contribution in [0.1, 0.15) is 36.1 Å². The van der Waals surface area contributed by atoms with Gasteiger partial charge in [-0.15, -0.1) is 0 Å². The number of fused-ring (bicyclic) bond motifs is 5. The van der Waals surface area contributed by atoms with Gasteiger partial charge in [-0.1, -0.05) is 72.8 Å². The highest BCUT2D eigenvalue weighted by atomic mass is 16.4. The molecule has 2 aromatic heterocycles. The first kappa shape index (κ1) is 23.9. The second-order valence-electron chi connectivity index (χ2n) is 10.2. The largest absolute Gasteiger partial charge is 0.465 e. The number of hydrogen-bond donors (Lipinski definition) is 3. The van der Waals surface area contributed by atoms with Crippen molar-refractivity contribution in [2.45, 2.75) is 24.8 Å². The lowest BCUT2D eigenvalue weighted by Crippen LogP contribution is -2.50. The van der Waals surface area contributed by atoms with E-state index in [0.717, 1.165) is 75.9 Å². The first-order valence-electron chi connectivity index (χ1n) is 13.4. The molecular formula is C33H27N5O2. The Hall–Kier alpha value is -5.17. The summed E-state index contributed by atoms with van der Waals surface area (Å²) in [7, 11) is 0. The zero-order valence-electron chi connectivity index (χ0n) is 21.7. The maximum absolute atomic E-state index is 11.5. The lowest BCUT2D eigenvalue weighted by Gasteiger charge is -2.42. The highest BCUT2D eigenvalue weighted by Gasteiger charge is 2.40. The van der Waals surface area contributed by atoms with E-state index in [1.54, 1.807) is 6.20 Å². The molecular weight excluding hydrogens is 498 g/mol. The Balaban J connectivity index is 1.44. The number of amides is 1. The number of para-hydroxylation sites is 1. The Morgan fingerprint density at radius 2 is 1.70 bits per heavy atom. The van der Waals surface area contributed by atoms with E-state index < -0.39 is 11.6 Å². The SMILES string of the molecule is O=C(O)NC1(c2ccc(-c3c(C=Cc4ccccc4)nc4n3-c3cccnc3Nc3ccccc3-4)cc2)CCC1. The summed E-state index contributed by atoms with van der Waals surface area (Å²) in [4.78, 5) is 21.4. The third kappa shape index (κ3) is 4.03. The van der Waals surface area contributed by atoms with E-state index in [4.69, 9.17) is 4.98 Å². The summed E-state index contributed by atoms with van der Waals surface area (Å²) in [6.45, 7) is 0. The fraction of sp³-hybridized carbons (Fsp3) is 0.121. The summed E-state index contributed by atoms with van der Waals surface area (Å²) in [6.07, 6.45) is 7.53. The van der Waals surface area contributed by atoms with Crippen LogP contribution in [0, 0.1) is 0 Å². The van der Waals surface area contributed by atoms with Gasteiger partial charge in [0.1, 0.15) is 5.82 Å². The zero-order valence-corrected chi connectivity index (χ0v) is 21.7. The van der Waals surface area contributed by atoms with Gasteiger partial charge in [0.15, 0.2) is 5.82 Å². The molecule has 1 fully saturated rings. The second-order valence-corrected chi connectivity index (χ2v) is 10.2. The molecule has 0 radical (unpaired) electrons. The third-order valence-electron chi connectivity index (χ3n) is 7.85. The summed E-state index contributed by atoms with van der Waals surface area (Å²) in [6, 6.07) is 30.5. The van der Waals surface area contributed by atoms with E-state index in [-0.39, 0.29) is 0 Å². The Morgan fingerprint density at radius 3 is 2.45 bits per heavy atom. The molecule has 1 aliphatic carbocycles. The van der Waals surface area contributed by atoms with Gasteiger partial charge in [0.05, 0.1) is 28.3 Å². The van der Waals surface area contributed by atoms with Crippen molar-refractivity contribution < 1.29 is 9.90 Å². The molecule has 7 nitrogen and oxygen atoms in total. The van der Waals surface area contributed by atoms with Crippen LogP contribution in [0.5, 0.6) is 0 Å². The molecule has 1 amide bonds. The number of nitrogens with zero attached hydrogens (tertiary/aromatic N) is 3. The first-order valence-corrected chi connectivity index (χ1v) is 13.4. The molecule has 0 spiro atoms. The predicted octanol–water partition coefficient (Wildman–Crippen LogP) is 7.48. The number of aromatic nitrogens is 3. The number of carbonyl (C=O) groups is 1. The molecule has 0 saturated heterocycles. The molecule has 2 aliphatic rings. The first-order chi connectivity index (χ1) is 19.6. The van der Waals surface area contributed by atoms with E-state index in [2.05, 4.69) is 68.7 Å². The van der Waals surface area contributed by atoms with Gasteiger partial charge >= 0.3 is 6.09 Å².